The highest BCUT2D eigenvalue weighted by molar-refractivity contribution is 5.93. The van der Waals surface area contributed by atoms with Gasteiger partial charge >= 0.3 is 0 Å². The van der Waals surface area contributed by atoms with Gasteiger partial charge in [0.2, 0.25) is 0 Å². The summed E-state index contributed by atoms with van der Waals surface area (Å²) in [5, 5.41) is 0. The molecule has 0 aliphatic carbocycles. The van der Waals surface area contributed by atoms with Crippen LogP contribution in [0.4, 0.5) is 4.39 Å². The van der Waals surface area contributed by atoms with Crippen molar-refractivity contribution in [3.8, 4) is 0 Å². The first-order chi connectivity index (χ1) is 9.10. The first-order valence-corrected chi connectivity index (χ1v) is 6.62. The van der Waals surface area contributed by atoms with Gasteiger partial charge in [-0.15, -0.1) is 0 Å². The third-order valence-corrected chi connectivity index (χ3v) is 3.57. The fraction of sp³-hybridized carbons (Fsp3) is 0.500. The number of hydrazine groups is 1. The van der Waals surface area contributed by atoms with E-state index >= 15 is 0 Å². The average Bonchev–Trinajstić information content (AvgIpc) is 2.40. The van der Waals surface area contributed by atoms with Gasteiger partial charge in [0.25, 0.3) is 5.91 Å². The molecule has 1 aliphatic rings. The molecule has 1 saturated heterocycles. The topological polar surface area (TPSA) is 58.4 Å². The minimum atomic E-state index is -0.395. The van der Waals surface area contributed by atoms with Crippen molar-refractivity contribution >= 4 is 5.91 Å². The van der Waals surface area contributed by atoms with Gasteiger partial charge in [-0.1, -0.05) is 6.92 Å². The molecule has 2 rings (SSSR count). The fourth-order valence-electron chi connectivity index (χ4n) is 2.59. The van der Waals surface area contributed by atoms with Crippen molar-refractivity contribution in [1.82, 2.24) is 10.3 Å². The monoisotopic (exact) mass is 265 g/mol. The predicted octanol–water partition coefficient (Wildman–Crippen LogP) is 1.66. The Morgan fingerprint density at radius 3 is 3.05 bits per heavy atom. The maximum Gasteiger partial charge on any atom is 0.265 e. The van der Waals surface area contributed by atoms with Gasteiger partial charge in [0.15, 0.2) is 0 Å². The maximum atomic E-state index is 13.8. The number of hydrogen-bond acceptors (Lipinski definition) is 3. The van der Waals surface area contributed by atoms with Crippen LogP contribution in [0.25, 0.3) is 0 Å². The lowest BCUT2D eigenvalue weighted by molar-refractivity contribution is 0.0953. The van der Waals surface area contributed by atoms with Crippen LogP contribution in [0.15, 0.2) is 18.2 Å². The second kappa shape index (κ2) is 6.12. The highest BCUT2D eigenvalue weighted by Crippen LogP contribution is 2.19. The van der Waals surface area contributed by atoms with E-state index in [9.17, 15) is 9.18 Å². The molecule has 3 N–H and O–H groups in total. The first kappa shape index (κ1) is 14.0. The van der Waals surface area contributed by atoms with Crippen LogP contribution >= 0.6 is 0 Å². The number of halogens is 1. The summed E-state index contributed by atoms with van der Waals surface area (Å²) in [6, 6.07) is 4.35. The van der Waals surface area contributed by atoms with Crippen LogP contribution in [-0.4, -0.2) is 23.9 Å². The van der Waals surface area contributed by atoms with Crippen molar-refractivity contribution in [1.29, 1.82) is 0 Å². The zero-order chi connectivity index (χ0) is 13.8. The first-order valence-electron chi connectivity index (χ1n) is 6.62. The standard InChI is InChI=1S/C14H20FN3O/c1-10-3-2-6-18(8-10)9-12-7-11(14(19)17-16)4-5-13(12)15/h4-5,7,10H,2-3,6,8-9,16H2,1H3,(H,17,19). The molecular weight excluding hydrogens is 245 g/mol. The fourth-order valence-corrected chi connectivity index (χ4v) is 2.59. The molecule has 1 fully saturated rings. The zero-order valence-corrected chi connectivity index (χ0v) is 11.2. The summed E-state index contributed by atoms with van der Waals surface area (Å²) in [5.74, 6) is 5.07. The molecular formula is C14H20FN3O. The minimum absolute atomic E-state index is 0.271. The summed E-state index contributed by atoms with van der Waals surface area (Å²) < 4.78 is 13.8. The number of nitrogens with one attached hydrogen (secondary N) is 1. The molecule has 0 aromatic heterocycles. The van der Waals surface area contributed by atoms with Crippen molar-refractivity contribution < 1.29 is 9.18 Å². The van der Waals surface area contributed by atoms with E-state index in [2.05, 4.69) is 17.2 Å². The number of piperidine rings is 1. The molecule has 0 spiro atoms. The van der Waals surface area contributed by atoms with E-state index in [1.807, 2.05) is 0 Å². The number of nitrogen functional groups attached to an aromatic ring is 1. The van der Waals surface area contributed by atoms with Gasteiger partial charge in [0, 0.05) is 24.2 Å². The van der Waals surface area contributed by atoms with Crippen molar-refractivity contribution in [2.45, 2.75) is 26.3 Å². The molecule has 1 atom stereocenters. The van der Waals surface area contributed by atoms with Crippen LogP contribution in [0.1, 0.15) is 35.7 Å². The number of carbonyl (C=O) groups excluding carboxylic acids is 1. The molecule has 1 unspecified atom stereocenters. The number of likely N-dealkylation sites (tertiary alicyclic amines) is 1. The van der Waals surface area contributed by atoms with Crippen molar-refractivity contribution in [3.63, 3.8) is 0 Å². The molecule has 0 radical (unpaired) electrons. The number of hydrogen-bond donors (Lipinski definition) is 2. The second-order valence-corrected chi connectivity index (χ2v) is 5.26. The molecule has 0 bridgehead atoms. The smallest absolute Gasteiger partial charge is 0.265 e. The number of amides is 1. The molecule has 1 aliphatic heterocycles. The van der Waals surface area contributed by atoms with Crippen molar-refractivity contribution in [2.24, 2.45) is 11.8 Å². The molecule has 1 heterocycles. The van der Waals surface area contributed by atoms with E-state index in [0.29, 0.717) is 23.6 Å². The number of rotatable bonds is 3. The van der Waals surface area contributed by atoms with Crippen LogP contribution in [0.2, 0.25) is 0 Å². The van der Waals surface area contributed by atoms with Crippen molar-refractivity contribution in [2.75, 3.05) is 13.1 Å². The Kier molecular flexibility index (Phi) is 4.50. The summed E-state index contributed by atoms with van der Waals surface area (Å²) >= 11 is 0. The van der Waals surface area contributed by atoms with Crippen LogP contribution in [0.3, 0.4) is 0 Å². The van der Waals surface area contributed by atoms with E-state index in [1.54, 1.807) is 6.07 Å². The van der Waals surface area contributed by atoms with Gasteiger partial charge in [0.1, 0.15) is 5.82 Å². The second-order valence-electron chi connectivity index (χ2n) is 5.26. The summed E-state index contributed by atoms with van der Waals surface area (Å²) in [7, 11) is 0. The van der Waals surface area contributed by atoms with Gasteiger partial charge in [-0.2, -0.15) is 0 Å². The average molecular weight is 265 g/mol. The van der Waals surface area contributed by atoms with Crippen LogP contribution in [0, 0.1) is 11.7 Å². The van der Waals surface area contributed by atoms with E-state index in [4.69, 9.17) is 5.84 Å². The number of carbonyl (C=O) groups is 1. The summed E-state index contributed by atoms with van der Waals surface area (Å²) in [6.45, 7) is 4.71. The van der Waals surface area contributed by atoms with Crippen molar-refractivity contribution in [3.05, 3.63) is 35.1 Å². The molecule has 19 heavy (non-hydrogen) atoms. The van der Waals surface area contributed by atoms with Crippen LogP contribution in [0.5, 0.6) is 0 Å². The van der Waals surface area contributed by atoms with Crippen LogP contribution in [-0.2, 0) is 6.54 Å². The quantitative estimate of drug-likeness (QED) is 0.496. The Morgan fingerprint density at radius 1 is 1.58 bits per heavy atom. The highest BCUT2D eigenvalue weighted by atomic mass is 19.1. The lowest BCUT2D eigenvalue weighted by atomic mass is 9.99. The summed E-state index contributed by atoms with van der Waals surface area (Å²) in [6.07, 6.45) is 2.38. The Balaban J connectivity index is 2.12. The normalized spacial score (nSPS) is 20.3. The molecule has 4 nitrogen and oxygen atoms in total. The van der Waals surface area contributed by atoms with Gasteiger partial charge in [-0.05, 0) is 43.5 Å². The third-order valence-electron chi connectivity index (χ3n) is 3.57. The zero-order valence-electron chi connectivity index (χ0n) is 11.2. The largest absolute Gasteiger partial charge is 0.299 e. The number of benzene rings is 1. The minimum Gasteiger partial charge on any atom is -0.299 e. The van der Waals surface area contributed by atoms with E-state index in [0.717, 1.165) is 19.5 Å². The van der Waals surface area contributed by atoms with Gasteiger partial charge in [-0.3, -0.25) is 15.1 Å². The third kappa shape index (κ3) is 3.52. The SMILES string of the molecule is CC1CCCN(Cc2cc(C(=O)NN)ccc2F)C1. The van der Waals surface area contributed by atoms with Crippen LogP contribution < -0.4 is 11.3 Å². The van der Waals surface area contributed by atoms with E-state index < -0.39 is 5.91 Å². The van der Waals surface area contributed by atoms with Gasteiger partial charge in [0.05, 0.1) is 0 Å². The highest BCUT2D eigenvalue weighted by Gasteiger charge is 2.18. The molecule has 5 heteroatoms. The molecule has 1 aromatic carbocycles. The lowest BCUT2D eigenvalue weighted by Crippen LogP contribution is -2.34. The lowest BCUT2D eigenvalue weighted by Gasteiger charge is -2.30. The Hall–Kier alpha value is -1.46. The molecule has 1 amide bonds. The Morgan fingerprint density at radius 2 is 2.37 bits per heavy atom. The maximum absolute atomic E-state index is 13.8. The van der Waals surface area contributed by atoms with E-state index in [-0.39, 0.29) is 5.82 Å². The summed E-state index contributed by atoms with van der Waals surface area (Å²) in [4.78, 5) is 13.7. The number of nitrogens with two attached hydrogens (primary N) is 1. The van der Waals surface area contributed by atoms with E-state index in [1.165, 1.54) is 18.6 Å². The Labute approximate surface area is 112 Å². The predicted molar refractivity (Wildman–Crippen MR) is 71.7 cm³/mol. The molecule has 1 aromatic rings. The molecule has 0 saturated carbocycles. The van der Waals surface area contributed by atoms with Gasteiger partial charge in [-0.25, -0.2) is 10.2 Å². The van der Waals surface area contributed by atoms with Gasteiger partial charge < -0.3 is 0 Å². The summed E-state index contributed by atoms with van der Waals surface area (Å²) in [5.41, 5.74) is 3.01. The Bertz CT molecular complexity index is 464. The molecule has 104 valence electrons. The number of nitrogens with zero attached hydrogens (tertiary/aromatic N) is 1.